The van der Waals surface area contributed by atoms with Gasteiger partial charge in [0.25, 0.3) is 5.91 Å². The lowest BCUT2D eigenvalue weighted by molar-refractivity contribution is -0.143. The van der Waals surface area contributed by atoms with Gasteiger partial charge in [-0.25, -0.2) is 9.59 Å². The normalized spacial score (nSPS) is 10.4. The molecule has 0 aliphatic heterocycles. The van der Waals surface area contributed by atoms with Gasteiger partial charge in [-0.05, 0) is 30.7 Å². The van der Waals surface area contributed by atoms with Crippen LogP contribution in [0.15, 0.2) is 28.7 Å². The minimum atomic E-state index is -0.705. The first kappa shape index (κ1) is 20.7. The van der Waals surface area contributed by atoms with Gasteiger partial charge in [0.15, 0.2) is 6.61 Å². The smallest absolute Gasteiger partial charge is 0.331 e. The van der Waals surface area contributed by atoms with Crippen molar-refractivity contribution in [2.45, 2.75) is 19.8 Å². The summed E-state index contributed by atoms with van der Waals surface area (Å²) in [4.78, 5) is 34.5. The summed E-state index contributed by atoms with van der Waals surface area (Å²) in [5.41, 5.74) is 0.675. The third kappa shape index (κ3) is 8.35. The molecular formula is C17H21BrN2O5. The number of nitrogens with one attached hydrogen (secondary N) is 2. The van der Waals surface area contributed by atoms with E-state index in [1.165, 1.54) is 19.3 Å². The molecule has 0 aromatic heterocycles. The first-order chi connectivity index (χ1) is 12.0. The predicted octanol–water partition coefficient (Wildman–Crippen LogP) is 2.64. The van der Waals surface area contributed by atoms with Gasteiger partial charge < -0.3 is 14.8 Å². The molecule has 0 radical (unpaired) electrons. The van der Waals surface area contributed by atoms with Crippen LogP contribution in [0.5, 0.6) is 5.75 Å². The van der Waals surface area contributed by atoms with E-state index in [1.807, 2.05) is 13.0 Å². The molecule has 0 bridgehead atoms. The summed E-state index contributed by atoms with van der Waals surface area (Å²) in [6.07, 6.45) is 4.45. The van der Waals surface area contributed by atoms with E-state index >= 15 is 0 Å². The zero-order valence-electron chi connectivity index (χ0n) is 14.1. The van der Waals surface area contributed by atoms with Crippen molar-refractivity contribution in [1.82, 2.24) is 10.6 Å². The zero-order valence-corrected chi connectivity index (χ0v) is 15.7. The summed E-state index contributed by atoms with van der Waals surface area (Å²) in [6, 6.07) is 4.73. The number of carbonyl (C=O) groups excluding carboxylic acids is 3. The van der Waals surface area contributed by atoms with Crippen LogP contribution in [0.1, 0.15) is 25.3 Å². The summed E-state index contributed by atoms with van der Waals surface area (Å²) in [6.45, 7) is 1.92. The van der Waals surface area contributed by atoms with Crippen molar-refractivity contribution in [1.29, 1.82) is 0 Å². The molecule has 0 heterocycles. The highest BCUT2D eigenvalue weighted by Gasteiger charge is 2.09. The molecule has 0 atom stereocenters. The molecule has 8 heteroatoms. The quantitative estimate of drug-likeness (QED) is 0.388. The molecule has 1 rings (SSSR count). The molecular weight excluding hydrogens is 392 g/mol. The third-order valence-electron chi connectivity index (χ3n) is 3.01. The molecule has 0 spiro atoms. The van der Waals surface area contributed by atoms with E-state index in [4.69, 9.17) is 9.47 Å². The van der Waals surface area contributed by atoms with Crippen molar-refractivity contribution in [3.63, 3.8) is 0 Å². The van der Waals surface area contributed by atoms with Crippen LogP contribution in [0.3, 0.4) is 0 Å². The fraction of sp³-hybridized carbons (Fsp3) is 0.353. The van der Waals surface area contributed by atoms with Crippen LogP contribution in [0.25, 0.3) is 6.08 Å². The Morgan fingerprint density at radius 3 is 2.72 bits per heavy atom. The van der Waals surface area contributed by atoms with E-state index in [1.54, 1.807) is 12.1 Å². The number of urea groups is 1. The van der Waals surface area contributed by atoms with Gasteiger partial charge in [-0.2, -0.15) is 0 Å². The Labute approximate surface area is 154 Å². The topological polar surface area (TPSA) is 93.7 Å². The number of amides is 3. The first-order valence-electron chi connectivity index (χ1n) is 7.72. The molecule has 0 saturated carbocycles. The summed E-state index contributed by atoms with van der Waals surface area (Å²) in [7, 11) is 1.52. The highest BCUT2D eigenvalue weighted by atomic mass is 79.9. The SMILES string of the molecule is CCCCNC(=O)NC(=O)COC(=O)/C=C/c1cc(Br)ccc1OC. The highest BCUT2D eigenvalue weighted by molar-refractivity contribution is 9.10. The Balaban J connectivity index is 2.43. The number of hydrogen-bond donors (Lipinski definition) is 2. The fourth-order valence-corrected chi connectivity index (χ4v) is 2.14. The number of unbranched alkanes of at least 4 members (excludes halogenated alkanes) is 1. The van der Waals surface area contributed by atoms with Crippen LogP contribution in [-0.2, 0) is 14.3 Å². The van der Waals surface area contributed by atoms with Gasteiger partial charge in [0.1, 0.15) is 5.75 Å². The highest BCUT2D eigenvalue weighted by Crippen LogP contribution is 2.24. The number of carbonyl (C=O) groups is 3. The van der Waals surface area contributed by atoms with Crippen LogP contribution < -0.4 is 15.4 Å². The van der Waals surface area contributed by atoms with Gasteiger partial charge in [0.2, 0.25) is 0 Å². The fourth-order valence-electron chi connectivity index (χ4n) is 1.76. The molecule has 0 aliphatic rings. The van der Waals surface area contributed by atoms with Crippen LogP contribution in [0.2, 0.25) is 0 Å². The van der Waals surface area contributed by atoms with Crippen molar-refractivity contribution in [2.75, 3.05) is 20.3 Å². The number of rotatable bonds is 8. The average molecular weight is 413 g/mol. The van der Waals surface area contributed by atoms with Gasteiger partial charge in [-0.1, -0.05) is 29.3 Å². The molecule has 3 amide bonds. The minimum absolute atomic E-state index is 0.479. The van der Waals surface area contributed by atoms with E-state index < -0.39 is 24.5 Å². The Morgan fingerprint density at radius 2 is 2.04 bits per heavy atom. The lowest BCUT2D eigenvalue weighted by Crippen LogP contribution is -2.41. The largest absolute Gasteiger partial charge is 0.496 e. The monoisotopic (exact) mass is 412 g/mol. The third-order valence-corrected chi connectivity index (χ3v) is 3.50. The number of imide groups is 1. The van der Waals surface area contributed by atoms with Gasteiger partial charge in [-0.15, -0.1) is 0 Å². The molecule has 136 valence electrons. The molecule has 0 aliphatic carbocycles. The molecule has 0 unspecified atom stereocenters. The first-order valence-corrected chi connectivity index (χ1v) is 8.51. The molecule has 7 nitrogen and oxygen atoms in total. The Hall–Kier alpha value is -2.35. The lowest BCUT2D eigenvalue weighted by atomic mass is 10.2. The van der Waals surface area contributed by atoms with Crippen LogP contribution in [-0.4, -0.2) is 38.2 Å². The summed E-state index contributed by atoms with van der Waals surface area (Å²) < 4.78 is 10.8. The van der Waals surface area contributed by atoms with Crippen molar-refractivity contribution >= 4 is 39.9 Å². The second kappa shape index (κ2) is 11.2. The molecule has 0 saturated heterocycles. The van der Waals surface area contributed by atoms with Crippen LogP contribution in [0.4, 0.5) is 4.79 Å². The average Bonchev–Trinajstić information content (AvgIpc) is 2.58. The maximum absolute atomic E-state index is 11.7. The number of ether oxygens (including phenoxy) is 2. The number of esters is 1. The molecule has 2 N–H and O–H groups in total. The van der Waals surface area contributed by atoms with E-state index in [0.717, 1.165) is 17.3 Å². The summed E-state index contributed by atoms with van der Waals surface area (Å²) >= 11 is 3.33. The maximum atomic E-state index is 11.7. The molecule has 25 heavy (non-hydrogen) atoms. The summed E-state index contributed by atoms with van der Waals surface area (Å²) in [5.74, 6) is -0.812. The lowest BCUT2D eigenvalue weighted by Gasteiger charge is -2.06. The number of hydrogen-bond acceptors (Lipinski definition) is 5. The van der Waals surface area contributed by atoms with Gasteiger partial charge >= 0.3 is 12.0 Å². The second-order valence-electron chi connectivity index (χ2n) is 4.98. The zero-order chi connectivity index (χ0) is 18.7. The van der Waals surface area contributed by atoms with E-state index in [0.29, 0.717) is 17.9 Å². The van der Waals surface area contributed by atoms with Crippen molar-refractivity contribution in [2.24, 2.45) is 0 Å². The predicted molar refractivity (Wildman–Crippen MR) is 97.1 cm³/mol. The van der Waals surface area contributed by atoms with Gasteiger partial charge in [0.05, 0.1) is 7.11 Å². The molecule has 0 fully saturated rings. The van der Waals surface area contributed by atoms with Crippen molar-refractivity contribution < 1.29 is 23.9 Å². The van der Waals surface area contributed by atoms with Gasteiger partial charge in [0, 0.05) is 22.7 Å². The Morgan fingerprint density at radius 1 is 1.28 bits per heavy atom. The molecule has 1 aromatic rings. The van der Waals surface area contributed by atoms with Crippen LogP contribution in [0, 0.1) is 0 Å². The molecule has 1 aromatic carbocycles. The van der Waals surface area contributed by atoms with Crippen LogP contribution >= 0.6 is 15.9 Å². The number of methoxy groups -OCH3 is 1. The Bertz CT molecular complexity index is 646. The number of benzene rings is 1. The summed E-state index contributed by atoms with van der Waals surface area (Å²) in [5, 5.41) is 4.60. The minimum Gasteiger partial charge on any atom is -0.496 e. The van der Waals surface area contributed by atoms with Gasteiger partial charge in [-0.3, -0.25) is 10.1 Å². The van der Waals surface area contributed by atoms with E-state index in [-0.39, 0.29) is 0 Å². The number of halogens is 1. The Kier molecular flexibility index (Phi) is 9.31. The maximum Gasteiger partial charge on any atom is 0.331 e. The van der Waals surface area contributed by atoms with E-state index in [2.05, 4.69) is 26.6 Å². The van der Waals surface area contributed by atoms with Crippen molar-refractivity contribution in [3.8, 4) is 5.75 Å². The van der Waals surface area contributed by atoms with Crippen molar-refractivity contribution in [3.05, 3.63) is 34.3 Å². The second-order valence-corrected chi connectivity index (χ2v) is 5.90. The standard InChI is InChI=1S/C17H21BrN2O5/c1-3-4-9-19-17(23)20-15(21)11-25-16(22)8-5-12-10-13(18)6-7-14(12)24-2/h5-8,10H,3-4,9,11H2,1-2H3,(H2,19,20,21,23)/b8-5+. The van der Waals surface area contributed by atoms with E-state index in [9.17, 15) is 14.4 Å².